The molecule has 176 valence electrons. The highest BCUT2D eigenvalue weighted by Gasteiger charge is 2.17. The van der Waals surface area contributed by atoms with Gasteiger partial charge in [0.05, 0.1) is 0 Å². The monoisotopic (exact) mass is 459 g/mol. The van der Waals surface area contributed by atoms with Crippen molar-refractivity contribution in [2.45, 2.75) is 19.5 Å². The molecule has 7 nitrogen and oxygen atoms in total. The van der Waals surface area contributed by atoms with Gasteiger partial charge in [-0.05, 0) is 23.1 Å². The molecule has 0 spiro atoms. The summed E-state index contributed by atoms with van der Waals surface area (Å²) in [5, 5.41) is 5.11. The van der Waals surface area contributed by atoms with Gasteiger partial charge in [-0.15, -0.1) is 0 Å². The highest BCUT2D eigenvalue weighted by atomic mass is 16.5. The number of nitrogens with zero attached hydrogens (tertiary/aromatic N) is 1. The van der Waals surface area contributed by atoms with Gasteiger partial charge in [-0.1, -0.05) is 91.0 Å². The molecular weight excluding hydrogens is 430 g/mol. The highest BCUT2D eigenvalue weighted by molar-refractivity contribution is 5.83. The maximum absolute atomic E-state index is 12.8. The van der Waals surface area contributed by atoms with E-state index in [0.717, 1.165) is 16.7 Å². The fraction of sp³-hybridized carbons (Fsp3) is 0.222. The van der Waals surface area contributed by atoms with E-state index < -0.39 is 12.0 Å². The molecule has 3 amide bonds. The Kier molecular flexibility index (Phi) is 9.68. The van der Waals surface area contributed by atoms with Gasteiger partial charge in [0.25, 0.3) is 5.91 Å². The molecule has 0 fully saturated rings. The zero-order valence-electron chi connectivity index (χ0n) is 19.0. The van der Waals surface area contributed by atoms with Gasteiger partial charge in [0.2, 0.25) is 0 Å². The number of carbonyl (C=O) groups excluding carboxylic acids is 3. The lowest BCUT2D eigenvalue weighted by Gasteiger charge is -2.23. The van der Waals surface area contributed by atoms with E-state index in [-0.39, 0.29) is 19.1 Å². The van der Waals surface area contributed by atoms with Gasteiger partial charge in [-0.3, -0.25) is 9.59 Å². The Hall–Kier alpha value is -4.13. The van der Waals surface area contributed by atoms with Gasteiger partial charge < -0.3 is 20.3 Å². The summed E-state index contributed by atoms with van der Waals surface area (Å²) in [5.74, 6) is -0.965. The largest absolute Gasteiger partial charge is 0.454 e. The molecule has 3 aromatic rings. The van der Waals surface area contributed by atoms with Crippen LogP contribution in [0.15, 0.2) is 91.0 Å². The minimum atomic E-state index is -0.675. The first-order valence-electron chi connectivity index (χ1n) is 11.2. The first-order valence-corrected chi connectivity index (χ1v) is 11.2. The summed E-state index contributed by atoms with van der Waals surface area (Å²) in [7, 11) is 0. The van der Waals surface area contributed by atoms with Crippen molar-refractivity contribution in [1.29, 1.82) is 0 Å². The van der Waals surface area contributed by atoms with Crippen molar-refractivity contribution in [3.8, 4) is 0 Å². The van der Waals surface area contributed by atoms with Crippen LogP contribution in [0.25, 0.3) is 0 Å². The molecule has 0 aliphatic rings. The van der Waals surface area contributed by atoms with E-state index in [9.17, 15) is 14.4 Å². The number of hydrogen-bond donors (Lipinski definition) is 2. The van der Waals surface area contributed by atoms with Gasteiger partial charge in [0.1, 0.15) is 6.54 Å². The van der Waals surface area contributed by atoms with E-state index in [1.165, 1.54) is 0 Å². The van der Waals surface area contributed by atoms with Crippen molar-refractivity contribution in [2.75, 3.05) is 19.7 Å². The van der Waals surface area contributed by atoms with Crippen molar-refractivity contribution >= 4 is 17.9 Å². The lowest BCUT2D eigenvalue weighted by atomic mass is 10.1. The van der Waals surface area contributed by atoms with Crippen LogP contribution in [-0.4, -0.2) is 42.5 Å². The Morgan fingerprint density at radius 1 is 0.706 bits per heavy atom. The Labute approximate surface area is 199 Å². The Balaban J connectivity index is 1.44. The molecule has 0 atom stereocenters. The van der Waals surface area contributed by atoms with Gasteiger partial charge in [-0.25, -0.2) is 4.79 Å². The number of ether oxygens (including phenoxy) is 1. The number of rotatable bonds is 11. The molecule has 0 saturated heterocycles. The van der Waals surface area contributed by atoms with Crippen molar-refractivity contribution in [3.05, 3.63) is 108 Å². The van der Waals surface area contributed by atoms with Gasteiger partial charge in [0, 0.05) is 19.6 Å². The van der Waals surface area contributed by atoms with Crippen LogP contribution in [0.1, 0.15) is 16.7 Å². The summed E-state index contributed by atoms with van der Waals surface area (Å²) in [6.45, 7) is 0.556. The molecule has 0 aliphatic heterocycles. The van der Waals surface area contributed by atoms with Crippen LogP contribution in [0.2, 0.25) is 0 Å². The first kappa shape index (κ1) is 24.5. The van der Waals surface area contributed by atoms with Crippen LogP contribution in [0, 0.1) is 0 Å². The third-order valence-corrected chi connectivity index (χ3v) is 5.13. The molecule has 3 aromatic carbocycles. The summed E-state index contributed by atoms with van der Waals surface area (Å²) >= 11 is 0. The molecule has 0 heterocycles. The fourth-order valence-electron chi connectivity index (χ4n) is 3.28. The lowest BCUT2D eigenvalue weighted by Crippen LogP contribution is -2.40. The second-order valence-electron chi connectivity index (χ2n) is 7.72. The molecule has 0 bridgehead atoms. The van der Waals surface area contributed by atoms with Crippen molar-refractivity contribution in [1.82, 2.24) is 15.5 Å². The third-order valence-electron chi connectivity index (χ3n) is 5.13. The minimum Gasteiger partial charge on any atom is -0.454 e. The van der Waals surface area contributed by atoms with Crippen LogP contribution >= 0.6 is 0 Å². The molecule has 7 heteroatoms. The van der Waals surface area contributed by atoms with Crippen molar-refractivity contribution in [3.63, 3.8) is 0 Å². The van der Waals surface area contributed by atoms with Gasteiger partial charge in [0.15, 0.2) is 6.61 Å². The maximum atomic E-state index is 12.8. The summed E-state index contributed by atoms with van der Waals surface area (Å²) in [6.07, 6.45) is 0.691. The first-order chi connectivity index (χ1) is 16.6. The van der Waals surface area contributed by atoms with Crippen molar-refractivity contribution < 1.29 is 19.1 Å². The molecule has 0 radical (unpaired) electrons. The predicted octanol–water partition coefficient (Wildman–Crippen LogP) is 3.30. The van der Waals surface area contributed by atoms with E-state index in [2.05, 4.69) is 10.6 Å². The normalized spacial score (nSPS) is 10.2. The van der Waals surface area contributed by atoms with Crippen LogP contribution in [0.5, 0.6) is 0 Å². The molecule has 0 saturated carbocycles. The zero-order valence-corrected chi connectivity index (χ0v) is 19.0. The smallest absolute Gasteiger partial charge is 0.325 e. The van der Waals surface area contributed by atoms with E-state index in [1.54, 1.807) is 4.90 Å². The number of nitrogens with one attached hydrogen (secondary N) is 2. The Bertz CT molecular complexity index is 1040. The number of amides is 3. The maximum Gasteiger partial charge on any atom is 0.325 e. The molecule has 0 aromatic heterocycles. The van der Waals surface area contributed by atoms with E-state index in [1.807, 2.05) is 91.0 Å². The van der Waals surface area contributed by atoms with E-state index in [4.69, 9.17) is 4.74 Å². The van der Waals surface area contributed by atoms with Gasteiger partial charge >= 0.3 is 12.0 Å². The second-order valence-corrected chi connectivity index (χ2v) is 7.72. The van der Waals surface area contributed by atoms with Crippen LogP contribution in [-0.2, 0) is 33.8 Å². The lowest BCUT2D eigenvalue weighted by molar-refractivity contribution is -0.151. The van der Waals surface area contributed by atoms with Crippen molar-refractivity contribution in [2.24, 2.45) is 0 Å². The third kappa shape index (κ3) is 8.78. The standard InChI is InChI=1S/C27H29N3O4/c31-25(21-34-26(32)19-29-27(33)28-18-23-12-6-2-7-13-23)30(20-24-14-8-3-9-15-24)17-16-22-10-4-1-5-11-22/h1-15H,16-21H2,(H2,28,29,33). The minimum absolute atomic E-state index is 0.290. The quantitative estimate of drug-likeness (QED) is 0.431. The topological polar surface area (TPSA) is 87.7 Å². The molecule has 3 rings (SSSR count). The number of carbonyl (C=O) groups is 3. The SMILES string of the molecule is O=C(NCC(=O)OCC(=O)N(CCc1ccccc1)Cc1ccccc1)NCc1ccccc1. The molecule has 2 N–H and O–H groups in total. The average molecular weight is 460 g/mol. The zero-order chi connectivity index (χ0) is 24.0. The number of hydrogen-bond acceptors (Lipinski definition) is 4. The number of benzene rings is 3. The number of urea groups is 1. The fourth-order valence-corrected chi connectivity index (χ4v) is 3.28. The Morgan fingerprint density at radius 2 is 1.26 bits per heavy atom. The molecule has 0 aliphatic carbocycles. The van der Waals surface area contributed by atoms with Gasteiger partial charge in [-0.2, -0.15) is 0 Å². The summed E-state index contributed by atoms with van der Waals surface area (Å²) in [5.41, 5.74) is 3.06. The number of esters is 1. The second kappa shape index (κ2) is 13.4. The summed E-state index contributed by atoms with van der Waals surface area (Å²) in [6, 6.07) is 28.5. The van der Waals surface area contributed by atoms with E-state index in [0.29, 0.717) is 26.1 Å². The average Bonchev–Trinajstić information content (AvgIpc) is 2.89. The molecule has 0 unspecified atom stereocenters. The molecular formula is C27H29N3O4. The highest BCUT2D eigenvalue weighted by Crippen LogP contribution is 2.08. The summed E-state index contributed by atoms with van der Waals surface area (Å²) < 4.78 is 5.12. The van der Waals surface area contributed by atoms with E-state index >= 15 is 0 Å². The van der Waals surface area contributed by atoms with Crippen LogP contribution in [0.3, 0.4) is 0 Å². The predicted molar refractivity (Wildman–Crippen MR) is 130 cm³/mol. The van der Waals surface area contributed by atoms with Crippen LogP contribution in [0.4, 0.5) is 4.79 Å². The summed E-state index contributed by atoms with van der Waals surface area (Å²) in [4.78, 5) is 38.4. The Morgan fingerprint density at radius 3 is 1.88 bits per heavy atom. The molecule has 34 heavy (non-hydrogen) atoms. The van der Waals surface area contributed by atoms with Crippen LogP contribution < -0.4 is 10.6 Å².